The van der Waals surface area contributed by atoms with Crippen LogP contribution in [-0.4, -0.2) is 33.8 Å². The van der Waals surface area contributed by atoms with Gasteiger partial charge in [0.2, 0.25) is 11.8 Å². The molecule has 1 heterocycles. The number of nitrogens with one attached hydrogen (secondary N) is 2. The molecule has 1 fully saturated rings. The van der Waals surface area contributed by atoms with Gasteiger partial charge in [0.05, 0.1) is 15.9 Å². The van der Waals surface area contributed by atoms with Crippen molar-refractivity contribution in [3.63, 3.8) is 0 Å². The molecule has 4 aromatic rings. The van der Waals surface area contributed by atoms with E-state index in [2.05, 4.69) is 26.6 Å². The number of carbonyl (C=O) groups is 4. The summed E-state index contributed by atoms with van der Waals surface area (Å²) >= 11 is 4.61. The second-order valence-corrected chi connectivity index (χ2v) is 11.8. The Balaban J connectivity index is 1.29. The van der Waals surface area contributed by atoms with Crippen LogP contribution >= 0.6 is 27.7 Å². The number of nitro benzene ring substituents is 1. The van der Waals surface area contributed by atoms with Crippen molar-refractivity contribution < 1.29 is 24.1 Å². The monoisotopic (exact) mass is 670 g/mol. The first kappa shape index (κ1) is 30.4. The normalized spacial score (nSPS) is 14.8. The first-order valence-corrected chi connectivity index (χ1v) is 14.9. The molecule has 1 unspecified atom stereocenters. The fourth-order valence-electron chi connectivity index (χ4n) is 4.34. The van der Waals surface area contributed by atoms with E-state index in [1.807, 2.05) is 0 Å². The largest absolute Gasteiger partial charge is 0.321 e. The third kappa shape index (κ3) is 7.28. The van der Waals surface area contributed by atoms with Crippen molar-refractivity contribution in [1.82, 2.24) is 5.32 Å². The molecule has 5 rings (SSSR count). The number of carbonyl (C=O) groups excluding carboxylic acids is 4. The molecule has 0 saturated carbocycles. The molecule has 4 aromatic carbocycles. The summed E-state index contributed by atoms with van der Waals surface area (Å²) in [7, 11) is 0. The predicted octanol–water partition coefficient (Wildman–Crippen LogP) is 6.19. The highest BCUT2D eigenvalue weighted by Crippen LogP contribution is 2.34. The number of thioether (sulfide) groups is 1. The van der Waals surface area contributed by atoms with E-state index < -0.39 is 22.0 Å². The molecule has 1 saturated heterocycles. The lowest BCUT2D eigenvalue weighted by molar-refractivity contribution is -0.384. The smallest absolute Gasteiger partial charge is 0.272 e. The minimum absolute atomic E-state index is 0.0654. The van der Waals surface area contributed by atoms with Crippen LogP contribution in [-0.2, 0) is 14.4 Å². The van der Waals surface area contributed by atoms with Gasteiger partial charge in [-0.05, 0) is 84.4 Å². The zero-order valence-corrected chi connectivity index (χ0v) is 25.2. The van der Waals surface area contributed by atoms with Crippen LogP contribution in [0.1, 0.15) is 22.3 Å². The summed E-state index contributed by atoms with van der Waals surface area (Å²) in [6.07, 6.45) is 1.49. The lowest BCUT2D eigenvalue weighted by Crippen LogP contribution is -2.31. The van der Waals surface area contributed by atoms with Crippen LogP contribution in [0.5, 0.6) is 0 Å². The van der Waals surface area contributed by atoms with Gasteiger partial charge in [-0.3, -0.25) is 29.3 Å². The molecule has 10 nitrogen and oxygen atoms in total. The Morgan fingerprint density at radius 1 is 0.909 bits per heavy atom. The molecule has 44 heavy (non-hydrogen) atoms. The van der Waals surface area contributed by atoms with E-state index in [1.54, 1.807) is 78.9 Å². The maximum atomic E-state index is 13.3. The van der Waals surface area contributed by atoms with Gasteiger partial charge in [-0.2, -0.15) is 0 Å². The molecule has 1 atom stereocenters. The summed E-state index contributed by atoms with van der Waals surface area (Å²) in [4.78, 5) is 64.2. The molecular formula is C32H23BrN4O6S. The topological polar surface area (TPSA) is 139 Å². The molecule has 2 N–H and O–H groups in total. The van der Waals surface area contributed by atoms with Crippen molar-refractivity contribution in [3.8, 4) is 0 Å². The molecule has 1 aliphatic rings. The van der Waals surface area contributed by atoms with Crippen LogP contribution in [0.4, 0.5) is 17.1 Å². The second kappa shape index (κ2) is 13.5. The minimum atomic E-state index is -0.616. The predicted molar refractivity (Wildman–Crippen MR) is 171 cm³/mol. The number of hydrogen-bond donors (Lipinski definition) is 2. The highest BCUT2D eigenvalue weighted by Gasteiger charge is 2.40. The quantitative estimate of drug-likeness (QED) is 0.0937. The Morgan fingerprint density at radius 3 is 2.20 bits per heavy atom. The fraction of sp³-hybridized carbons (Fsp3) is 0.0625. The van der Waals surface area contributed by atoms with E-state index in [0.29, 0.717) is 22.5 Å². The van der Waals surface area contributed by atoms with Gasteiger partial charge >= 0.3 is 0 Å². The third-order valence-corrected chi connectivity index (χ3v) is 8.25. The Bertz CT molecular complexity index is 1760. The molecule has 0 aromatic heterocycles. The van der Waals surface area contributed by atoms with Gasteiger partial charge in [-0.15, -0.1) is 11.8 Å². The number of nitro groups is 1. The third-order valence-electron chi connectivity index (χ3n) is 6.52. The number of nitrogens with zero attached hydrogens (tertiary/aromatic N) is 2. The van der Waals surface area contributed by atoms with E-state index >= 15 is 0 Å². The standard InChI is InChI=1S/C32H23BrN4O6S/c33-22-8-14-24(15-9-22)36-29(38)19-28(32(36)41)44-26-16-10-23(11-17-26)34-31(40)27(35-30(39)21-4-2-1-3-5-21)18-20-6-12-25(13-7-20)37(42)43/h1-18,28H,19H2,(H,34,40)(H,35,39)/b27-18-. The van der Waals surface area contributed by atoms with Crippen LogP contribution < -0.4 is 15.5 Å². The van der Waals surface area contributed by atoms with Gasteiger partial charge in [-0.1, -0.05) is 34.1 Å². The maximum Gasteiger partial charge on any atom is 0.272 e. The number of imide groups is 1. The Kier molecular flexibility index (Phi) is 9.32. The summed E-state index contributed by atoms with van der Waals surface area (Å²) < 4.78 is 0.839. The number of rotatable bonds is 9. The molecule has 0 radical (unpaired) electrons. The van der Waals surface area contributed by atoms with Gasteiger partial charge in [0.1, 0.15) is 5.70 Å². The van der Waals surface area contributed by atoms with Crippen LogP contribution in [0, 0.1) is 10.1 Å². The van der Waals surface area contributed by atoms with Crippen molar-refractivity contribution in [3.05, 3.63) is 135 Å². The average Bonchev–Trinajstić information content (AvgIpc) is 3.30. The summed E-state index contributed by atoms with van der Waals surface area (Å²) in [5, 5.41) is 15.8. The summed E-state index contributed by atoms with van der Waals surface area (Å²) in [5.74, 6) is -1.69. The van der Waals surface area contributed by atoms with Gasteiger partial charge in [0.25, 0.3) is 17.5 Å². The number of anilines is 2. The van der Waals surface area contributed by atoms with Crippen molar-refractivity contribution in [2.45, 2.75) is 16.6 Å². The number of halogens is 1. The summed E-state index contributed by atoms with van der Waals surface area (Å²) in [5.41, 5.74) is 1.57. The number of benzene rings is 4. The summed E-state index contributed by atoms with van der Waals surface area (Å²) in [6.45, 7) is 0. The van der Waals surface area contributed by atoms with Crippen molar-refractivity contribution in [1.29, 1.82) is 0 Å². The van der Waals surface area contributed by atoms with E-state index in [-0.39, 0.29) is 29.6 Å². The van der Waals surface area contributed by atoms with Crippen LogP contribution in [0.25, 0.3) is 6.08 Å². The molecular weight excluding hydrogens is 648 g/mol. The van der Waals surface area contributed by atoms with Gasteiger partial charge < -0.3 is 10.6 Å². The second-order valence-electron chi connectivity index (χ2n) is 9.56. The lowest BCUT2D eigenvalue weighted by atomic mass is 10.1. The van der Waals surface area contributed by atoms with Gasteiger partial charge in [0, 0.05) is 39.2 Å². The van der Waals surface area contributed by atoms with Crippen molar-refractivity contribution in [2.75, 3.05) is 10.2 Å². The van der Waals surface area contributed by atoms with E-state index in [1.165, 1.54) is 47.0 Å². The molecule has 0 bridgehead atoms. The Labute approximate surface area is 264 Å². The average molecular weight is 672 g/mol. The van der Waals surface area contributed by atoms with Crippen LogP contribution in [0.3, 0.4) is 0 Å². The highest BCUT2D eigenvalue weighted by molar-refractivity contribution is 9.10. The SMILES string of the molecule is O=C(Nc1ccc(SC2CC(=O)N(c3ccc(Br)cc3)C2=O)cc1)/C(=C/c1ccc([N+](=O)[O-])cc1)NC(=O)c1ccccc1. The molecule has 220 valence electrons. The van der Waals surface area contributed by atoms with Gasteiger partial charge in [0.15, 0.2) is 0 Å². The van der Waals surface area contributed by atoms with Crippen LogP contribution in [0.15, 0.2) is 118 Å². The lowest BCUT2D eigenvalue weighted by Gasteiger charge is -2.15. The number of amides is 4. The molecule has 0 aliphatic carbocycles. The summed E-state index contributed by atoms with van der Waals surface area (Å²) in [6, 6.07) is 27.6. The Morgan fingerprint density at radius 2 is 1.57 bits per heavy atom. The van der Waals surface area contributed by atoms with E-state index in [9.17, 15) is 29.3 Å². The first-order valence-electron chi connectivity index (χ1n) is 13.2. The highest BCUT2D eigenvalue weighted by atomic mass is 79.9. The molecule has 4 amide bonds. The fourth-order valence-corrected chi connectivity index (χ4v) is 5.66. The number of non-ortho nitro benzene ring substituents is 1. The molecule has 1 aliphatic heterocycles. The number of hydrogen-bond acceptors (Lipinski definition) is 7. The van der Waals surface area contributed by atoms with Crippen molar-refractivity contribution >= 4 is 74.5 Å². The van der Waals surface area contributed by atoms with E-state index in [4.69, 9.17) is 0 Å². The first-order chi connectivity index (χ1) is 21.2. The Hall–Kier alpha value is -5.07. The van der Waals surface area contributed by atoms with Crippen molar-refractivity contribution in [2.24, 2.45) is 0 Å². The zero-order valence-electron chi connectivity index (χ0n) is 22.8. The zero-order chi connectivity index (χ0) is 31.2. The van der Waals surface area contributed by atoms with Crippen LogP contribution in [0.2, 0.25) is 0 Å². The molecule has 0 spiro atoms. The van der Waals surface area contributed by atoms with Gasteiger partial charge in [-0.25, -0.2) is 4.90 Å². The minimum Gasteiger partial charge on any atom is -0.321 e. The van der Waals surface area contributed by atoms with E-state index in [0.717, 1.165) is 9.37 Å². The maximum absolute atomic E-state index is 13.3. The molecule has 12 heteroatoms.